The number of benzene rings is 4. The Bertz CT molecular complexity index is 3130. The van der Waals surface area contributed by atoms with Crippen LogP contribution in [0.15, 0.2) is 78.9 Å². The second-order valence-corrected chi connectivity index (χ2v) is 22.5. The molecule has 5 heterocycles. The lowest BCUT2D eigenvalue weighted by atomic mass is 9.85. The average molecular weight is 1050 g/mol. The summed E-state index contributed by atoms with van der Waals surface area (Å²) < 4.78 is 45.8. The zero-order chi connectivity index (χ0) is 51.8. The number of halogens is 1. The number of sulfonamides is 1. The van der Waals surface area contributed by atoms with Gasteiger partial charge < -0.3 is 29.7 Å². The Labute approximate surface area is 432 Å². The van der Waals surface area contributed by atoms with Gasteiger partial charge in [0.1, 0.15) is 11.1 Å². The first-order chi connectivity index (χ1) is 35.0. The van der Waals surface area contributed by atoms with Gasteiger partial charge in [0.25, 0.3) is 5.91 Å². The zero-order valence-corrected chi connectivity index (χ0v) is 43.3. The summed E-state index contributed by atoms with van der Waals surface area (Å²) in [4.78, 5) is 80.9. The van der Waals surface area contributed by atoms with Crippen LogP contribution in [-0.4, -0.2) is 110 Å². The molecule has 384 valence electrons. The number of hydrogen-bond donors (Lipinski definition) is 3. The molecule has 73 heavy (non-hydrogen) atoms. The van der Waals surface area contributed by atoms with E-state index in [1.54, 1.807) is 53.4 Å². The highest BCUT2D eigenvalue weighted by Gasteiger charge is 2.43. The molecular formula is C53H57ClN6O11S2. The van der Waals surface area contributed by atoms with Crippen LogP contribution in [0, 0.1) is 0 Å². The second-order valence-electron chi connectivity index (χ2n) is 19.2. The van der Waals surface area contributed by atoms with Crippen molar-refractivity contribution in [1.82, 2.24) is 14.5 Å². The minimum atomic E-state index is -3.81. The Balaban J connectivity index is 0.801. The van der Waals surface area contributed by atoms with Crippen molar-refractivity contribution in [1.29, 1.82) is 0 Å². The predicted octanol–water partition coefficient (Wildman–Crippen LogP) is 8.70. The van der Waals surface area contributed by atoms with Gasteiger partial charge in [-0.2, -0.15) is 4.31 Å². The number of rotatable bonds is 15. The van der Waals surface area contributed by atoms with Gasteiger partial charge in [0.05, 0.1) is 29.5 Å². The van der Waals surface area contributed by atoms with E-state index in [2.05, 4.69) is 16.0 Å². The molecule has 3 fully saturated rings. The van der Waals surface area contributed by atoms with Gasteiger partial charge in [-0.1, -0.05) is 54.1 Å². The van der Waals surface area contributed by atoms with E-state index >= 15 is 0 Å². The number of nitrogens with one attached hydrogen (secondary N) is 3. The first-order valence-electron chi connectivity index (χ1n) is 24.5. The molecule has 9 rings (SSSR count). The summed E-state index contributed by atoms with van der Waals surface area (Å²) in [6, 6.07) is 22.8. The maximum atomic E-state index is 14.2. The molecule has 0 radical (unpaired) electrons. The molecule has 17 nitrogen and oxygen atoms in total. The number of amides is 5. The predicted molar refractivity (Wildman–Crippen MR) is 279 cm³/mol. The fourth-order valence-electron chi connectivity index (χ4n) is 10.6. The number of imide groups is 1. The Kier molecular flexibility index (Phi) is 14.9. The monoisotopic (exact) mass is 1050 g/mol. The molecule has 1 aromatic heterocycles. The van der Waals surface area contributed by atoms with Gasteiger partial charge >= 0.3 is 18.0 Å². The highest BCUT2D eigenvalue weighted by molar-refractivity contribution is 7.88. The van der Waals surface area contributed by atoms with Crippen molar-refractivity contribution in [2.24, 2.45) is 0 Å². The van der Waals surface area contributed by atoms with Gasteiger partial charge in [-0.15, -0.1) is 11.3 Å². The van der Waals surface area contributed by atoms with Crippen LogP contribution in [-0.2, 0) is 39.6 Å². The normalized spacial score (nSPS) is 19.2. The molecule has 20 heteroatoms. The largest absolute Gasteiger partial charge is 0.479 e. The standard InChI is InChI=1S/C53H57ClN6O11S2/c1-5-69-43(62)29-71-46-45(54)47(72-48(46)51(65)70-6-2)33-11-8-13-35(27-33)55-36-22-25-59(53(3,4)28-36)73(67,68)30-31-10-7-12-34(26-31)56-52(66)58-23-20-32(21-24-58)37-16-17-40-44-38(37)14-9-15-39(44)50(64)60(40)41-18-19-42(61)57-49(41)63/h7-17,26-27,32,36,41,55H,5-6,18-25,28-30H2,1-4H3,(H,56,66)(H,57,61,63). The summed E-state index contributed by atoms with van der Waals surface area (Å²) >= 11 is 7.90. The Morgan fingerprint density at radius 2 is 1.62 bits per heavy atom. The Morgan fingerprint density at radius 3 is 2.36 bits per heavy atom. The SMILES string of the molecule is CCOC(=O)COc1c(C(=O)OCC)sc(-c2cccc(NC3CCN(S(=O)(=O)Cc4cccc(NC(=O)N5CCC(c6ccc7c8c(cccc68)C(=O)N7C6CCC(=O)NC6=O)CC5)c4)C(C)(C)C3)c2)c1Cl. The van der Waals surface area contributed by atoms with Crippen LogP contribution in [0.25, 0.3) is 21.2 Å². The summed E-state index contributed by atoms with van der Waals surface area (Å²) in [5, 5.41) is 10.8. The number of esters is 2. The third kappa shape index (κ3) is 10.6. The molecule has 0 aliphatic carbocycles. The second kappa shape index (κ2) is 21.1. The molecule has 2 atom stereocenters. The van der Waals surface area contributed by atoms with E-state index in [0.29, 0.717) is 71.7 Å². The van der Waals surface area contributed by atoms with Gasteiger partial charge in [-0.25, -0.2) is 22.8 Å². The van der Waals surface area contributed by atoms with E-state index in [4.69, 9.17) is 25.8 Å². The number of urea groups is 1. The van der Waals surface area contributed by atoms with Crippen LogP contribution in [0.3, 0.4) is 0 Å². The van der Waals surface area contributed by atoms with Crippen LogP contribution in [0.2, 0.25) is 5.02 Å². The van der Waals surface area contributed by atoms with Crippen LogP contribution >= 0.6 is 22.9 Å². The lowest BCUT2D eigenvalue weighted by Crippen LogP contribution is -2.55. The topological polar surface area (TPSA) is 210 Å². The third-order valence-corrected chi connectivity index (χ3v) is 17.6. The third-order valence-electron chi connectivity index (χ3n) is 13.9. The van der Waals surface area contributed by atoms with E-state index in [1.807, 2.05) is 62.4 Å². The van der Waals surface area contributed by atoms with Crippen molar-refractivity contribution in [3.63, 3.8) is 0 Å². The lowest BCUT2D eigenvalue weighted by molar-refractivity contribution is -0.145. The molecule has 4 aliphatic rings. The molecule has 3 N–H and O–H groups in total. The summed E-state index contributed by atoms with van der Waals surface area (Å²) in [5.74, 6) is -2.39. The van der Waals surface area contributed by atoms with E-state index in [1.165, 1.54) is 4.90 Å². The van der Waals surface area contributed by atoms with Crippen molar-refractivity contribution in [2.75, 3.05) is 55.0 Å². The van der Waals surface area contributed by atoms with Crippen molar-refractivity contribution in [3.05, 3.63) is 105 Å². The first-order valence-corrected chi connectivity index (χ1v) is 27.3. The van der Waals surface area contributed by atoms with E-state index < -0.39 is 46.1 Å². The van der Waals surface area contributed by atoms with E-state index in [-0.39, 0.29) is 83.8 Å². The van der Waals surface area contributed by atoms with Crippen molar-refractivity contribution in [2.45, 2.75) is 95.5 Å². The summed E-state index contributed by atoms with van der Waals surface area (Å²) in [6.45, 7) is 8.32. The van der Waals surface area contributed by atoms with Crippen molar-refractivity contribution < 1.29 is 51.4 Å². The Morgan fingerprint density at radius 1 is 0.877 bits per heavy atom. The molecule has 0 spiro atoms. The highest BCUT2D eigenvalue weighted by atomic mass is 35.5. The molecule has 4 aliphatic heterocycles. The van der Waals surface area contributed by atoms with Gasteiger partial charge in [0.15, 0.2) is 17.2 Å². The quantitative estimate of drug-likeness (QED) is 0.0664. The fourth-order valence-corrected chi connectivity index (χ4v) is 14.1. The molecular weight excluding hydrogens is 996 g/mol. The van der Waals surface area contributed by atoms with Crippen molar-refractivity contribution in [3.8, 4) is 16.2 Å². The number of nitrogens with zero attached hydrogens (tertiary/aromatic N) is 3. The van der Waals surface area contributed by atoms with E-state index in [0.717, 1.165) is 33.4 Å². The maximum absolute atomic E-state index is 14.2. The minimum Gasteiger partial charge on any atom is -0.479 e. The fraction of sp³-hybridized carbons (Fsp3) is 0.396. The number of ether oxygens (including phenoxy) is 3. The van der Waals surface area contributed by atoms with Crippen LogP contribution in [0.5, 0.6) is 5.75 Å². The molecule has 0 saturated carbocycles. The molecule has 5 aromatic rings. The average Bonchev–Trinajstić information content (AvgIpc) is 3.83. The molecule has 0 bridgehead atoms. The van der Waals surface area contributed by atoms with Crippen LogP contribution in [0.1, 0.15) is 103 Å². The van der Waals surface area contributed by atoms with Gasteiger partial charge in [-0.3, -0.25) is 24.6 Å². The number of likely N-dealkylation sites (tertiary alicyclic amines) is 1. The van der Waals surface area contributed by atoms with E-state index in [9.17, 15) is 37.2 Å². The number of carbonyl (C=O) groups excluding carboxylic acids is 6. The van der Waals surface area contributed by atoms with Gasteiger partial charge in [-0.05, 0) is 124 Å². The number of carbonyl (C=O) groups is 6. The highest BCUT2D eigenvalue weighted by Crippen LogP contribution is 2.47. The summed E-state index contributed by atoms with van der Waals surface area (Å²) in [5.41, 5.74) is 4.02. The Hall–Kier alpha value is -6.54. The maximum Gasteiger partial charge on any atom is 0.352 e. The van der Waals surface area contributed by atoms with Gasteiger partial charge in [0.2, 0.25) is 21.8 Å². The van der Waals surface area contributed by atoms with Crippen LogP contribution in [0.4, 0.5) is 21.9 Å². The number of piperidine rings is 3. The lowest BCUT2D eigenvalue weighted by Gasteiger charge is -2.45. The zero-order valence-electron chi connectivity index (χ0n) is 41.0. The number of thiophene rings is 1. The molecule has 5 amide bonds. The number of anilines is 3. The minimum absolute atomic E-state index is 0.0448. The van der Waals surface area contributed by atoms with Gasteiger partial charge in [0, 0.05) is 60.0 Å². The number of hydrogen-bond acceptors (Lipinski definition) is 13. The molecule has 3 saturated heterocycles. The summed E-state index contributed by atoms with van der Waals surface area (Å²) in [6.07, 6.45) is 2.83. The summed E-state index contributed by atoms with van der Waals surface area (Å²) in [7, 11) is -3.81. The first kappa shape index (κ1) is 51.4. The smallest absolute Gasteiger partial charge is 0.352 e. The molecule has 2 unspecified atom stereocenters. The van der Waals surface area contributed by atoms with Crippen LogP contribution < -0.4 is 25.6 Å². The molecule has 4 aromatic carbocycles. The van der Waals surface area contributed by atoms with Crippen molar-refractivity contribution >= 4 is 96.5 Å².